The Kier molecular flexibility index (Phi) is 4.17. The summed E-state index contributed by atoms with van der Waals surface area (Å²) in [5.41, 5.74) is 0.419. The minimum Gasteiger partial charge on any atom is -0.323 e. The lowest BCUT2D eigenvalue weighted by Gasteiger charge is -2.00. The van der Waals surface area contributed by atoms with Gasteiger partial charge in [0.25, 0.3) is 5.92 Å². The van der Waals surface area contributed by atoms with Crippen LogP contribution in [0.25, 0.3) is 0 Å². The fourth-order valence-electron chi connectivity index (χ4n) is 1.67. The Morgan fingerprint density at radius 1 is 1.40 bits per heavy atom. The number of halogens is 3. The summed E-state index contributed by atoms with van der Waals surface area (Å²) in [5.74, 6) is -2.49. The van der Waals surface area contributed by atoms with Gasteiger partial charge < -0.3 is 5.32 Å². The van der Waals surface area contributed by atoms with Crippen LogP contribution in [0, 0.1) is 0 Å². The van der Waals surface area contributed by atoms with Crippen LogP contribution in [0.1, 0.15) is 31.9 Å². The third kappa shape index (κ3) is 3.22. The fourth-order valence-corrected chi connectivity index (χ4v) is 1.81. The molecule has 2 heterocycles. The van der Waals surface area contributed by atoms with Crippen LogP contribution in [0.15, 0.2) is 18.3 Å². The van der Waals surface area contributed by atoms with Crippen LogP contribution >= 0.6 is 11.6 Å². The van der Waals surface area contributed by atoms with Crippen molar-refractivity contribution < 1.29 is 8.78 Å². The van der Waals surface area contributed by atoms with Crippen molar-refractivity contribution in [3.05, 3.63) is 29.3 Å². The van der Waals surface area contributed by atoms with Gasteiger partial charge in [-0.25, -0.2) is 18.7 Å². The average Bonchev–Trinajstić information content (AvgIpc) is 2.85. The molecule has 1 fully saturated rings. The van der Waals surface area contributed by atoms with Crippen LogP contribution < -0.4 is 5.32 Å². The Morgan fingerprint density at radius 3 is 2.70 bits per heavy atom. The van der Waals surface area contributed by atoms with Gasteiger partial charge in [-0.3, -0.25) is 5.10 Å². The molecular formula is C12H14ClF2N5. The Bertz CT molecular complexity index is 587. The standard InChI is InChI=1S/C10H8ClF2N5.C2H6/c11-9-14-2-1-7(16-9)15-8-3-6(17-18-8)5-4-10(5,12)13;1-2/h1-3,5H,4H2,(H2,14,15,16,17,18);1-2H3. The summed E-state index contributed by atoms with van der Waals surface area (Å²) in [6.45, 7) is 4.00. The fraction of sp³-hybridized carbons (Fsp3) is 0.417. The molecule has 0 aliphatic heterocycles. The molecule has 1 aliphatic rings. The monoisotopic (exact) mass is 301 g/mol. The maximum absolute atomic E-state index is 12.9. The predicted molar refractivity (Wildman–Crippen MR) is 72.6 cm³/mol. The lowest BCUT2D eigenvalue weighted by Crippen LogP contribution is -1.94. The molecule has 1 saturated carbocycles. The topological polar surface area (TPSA) is 66.5 Å². The second-order valence-corrected chi connectivity index (χ2v) is 4.40. The zero-order valence-corrected chi connectivity index (χ0v) is 11.7. The summed E-state index contributed by atoms with van der Waals surface area (Å²) >= 11 is 5.62. The smallest absolute Gasteiger partial charge is 0.257 e. The highest BCUT2D eigenvalue weighted by molar-refractivity contribution is 6.28. The minimum atomic E-state index is -2.61. The van der Waals surface area contributed by atoms with E-state index in [1.807, 2.05) is 13.8 Å². The number of aromatic amines is 1. The van der Waals surface area contributed by atoms with Crippen molar-refractivity contribution in [3.8, 4) is 0 Å². The van der Waals surface area contributed by atoms with Crippen molar-refractivity contribution in [2.45, 2.75) is 32.1 Å². The Hall–Kier alpha value is -1.76. The highest BCUT2D eigenvalue weighted by Crippen LogP contribution is 2.55. The third-order valence-corrected chi connectivity index (χ3v) is 2.86. The van der Waals surface area contributed by atoms with Crippen LogP contribution in [0.4, 0.5) is 20.4 Å². The number of anilines is 2. The van der Waals surface area contributed by atoms with Crippen molar-refractivity contribution in [3.63, 3.8) is 0 Å². The molecule has 8 heteroatoms. The van der Waals surface area contributed by atoms with Gasteiger partial charge in [-0.15, -0.1) is 0 Å². The van der Waals surface area contributed by atoms with Crippen LogP contribution in [-0.4, -0.2) is 26.1 Å². The second kappa shape index (κ2) is 5.70. The first-order valence-corrected chi connectivity index (χ1v) is 6.61. The first-order chi connectivity index (χ1) is 9.54. The van der Waals surface area contributed by atoms with Crippen molar-refractivity contribution in [2.24, 2.45) is 0 Å². The summed E-state index contributed by atoms with van der Waals surface area (Å²) in [4.78, 5) is 7.64. The van der Waals surface area contributed by atoms with E-state index in [0.717, 1.165) is 0 Å². The maximum Gasteiger partial charge on any atom is 0.257 e. The van der Waals surface area contributed by atoms with Crippen molar-refractivity contribution in [1.29, 1.82) is 0 Å². The lowest BCUT2D eigenvalue weighted by molar-refractivity contribution is 0.111. The van der Waals surface area contributed by atoms with Crippen molar-refractivity contribution in [2.75, 3.05) is 5.32 Å². The van der Waals surface area contributed by atoms with Crippen LogP contribution in [0.5, 0.6) is 0 Å². The first kappa shape index (κ1) is 14.6. The number of nitrogens with one attached hydrogen (secondary N) is 2. The molecule has 1 aliphatic carbocycles. The number of nitrogens with zero attached hydrogens (tertiary/aromatic N) is 3. The van der Waals surface area contributed by atoms with E-state index in [1.165, 1.54) is 6.20 Å². The maximum atomic E-state index is 12.9. The molecule has 3 rings (SSSR count). The largest absolute Gasteiger partial charge is 0.323 e. The number of H-pyrrole nitrogens is 1. The van der Waals surface area contributed by atoms with E-state index in [-0.39, 0.29) is 11.7 Å². The minimum absolute atomic E-state index is 0.101. The molecule has 20 heavy (non-hydrogen) atoms. The zero-order valence-electron chi connectivity index (χ0n) is 11.0. The molecule has 1 unspecified atom stereocenters. The van der Waals surface area contributed by atoms with E-state index >= 15 is 0 Å². The van der Waals surface area contributed by atoms with E-state index in [1.54, 1.807) is 12.1 Å². The van der Waals surface area contributed by atoms with Gasteiger partial charge in [0.15, 0.2) is 5.82 Å². The number of rotatable bonds is 3. The molecule has 1 atom stereocenters. The van der Waals surface area contributed by atoms with Gasteiger partial charge in [0, 0.05) is 24.4 Å². The number of aromatic nitrogens is 4. The van der Waals surface area contributed by atoms with E-state index < -0.39 is 11.8 Å². The zero-order chi connectivity index (χ0) is 14.8. The molecule has 2 aromatic heterocycles. The van der Waals surface area contributed by atoms with Crippen molar-refractivity contribution in [1.82, 2.24) is 20.2 Å². The Morgan fingerprint density at radius 2 is 2.10 bits per heavy atom. The molecule has 2 aromatic rings. The van der Waals surface area contributed by atoms with E-state index in [4.69, 9.17) is 11.6 Å². The third-order valence-electron chi connectivity index (χ3n) is 2.68. The lowest BCUT2D eigenvalue weighted by atomic mass is 10.3. The van der Waals surface area contributed by atoms with Crippen LogP contribution in [0.3, 0.4) is 0 Å². The van der Waals surface area contributed by atoms with E-state index in [0.29, 0.717) is 17.3 Å². The molecule has 108 valence electrons. The molecule has 5 nitrogen and oxygen atoms in total. The molecule has 0 spiro atoms. The molecule has 0 bridgehead atoms. The number of hydrogen-bond acceptors (Lipinski definition) is 4. The number of alkyl halides is 2. The summed E-state index contributed by atoms with van der Waals surface area (Å²) in [6, 6.07) is 3.15. The molecule has 0 saturated heterocycles. The molecule has 2 N–H and O–H groups in total. The average molecular weight is 302 g/mol. The van der Waals surface area contributed by atoms with Crippen molar-refractivity contribution >= 4 is 23.2 Å². The highest BCUT2D eigenvalue weighted by Gasteiger charge is 2.58. The molecule has 0 radical (unpaired) electrons. The summed E-state index contributed by atoms with van der Waals surface area (Å²) < 4.78 is 25.7. The Labute approximate surface area is 119 Å². The SMILES string of the molecule is CC.FC1(F)CC1c1cc(Nc2ccnc(Cl)n2)n[nH]1. The predicted octanol–water partition coefficient (Wildman–Crippen LogP) is 3.75. The van der Waals surface area contributed by atoms with Gasteiger partial charge in [-0.05, 0) is 17.7 Å². The van der Waals surface area contributed by atoms with E-state index in [9.17, 15) is 8.78 Å². The summed E-state index contributed by atoms with van der Waals surface area (Å²) in [7, 11) is 0. The second-order valence-electron chi connectivity index (χ2n) is 4.06. The first-order valence-electron chi connectivity index (χ1n) is 6.23. The van der Waals surface area contributed by atoms with Gasteiger partial charge in [-0.2, -0.15) is 5.10 Å². The number of hydrogen-bond donors (Lipinski definition) is 2. The summed E-state index contributed by atoms with van der Waals surface area (Å²) in [5, 5.41) is 9.44. The van der Waals surface area contributed by atoms with Gasteiger partial charge >= 0.3 is 0 Å². The highest BCUT2D eigenvalue weighted by atomic mass is 35.5. The van der Waals surface area contributed by atoms with Crippen LogP contribution in [-0.2, 0) is 0 Å². The Balaban J connectivity index is 0.000000704. The summed E-state index contributed by atoms with van der Waals surface area (Å²) in [6.07, 6.45) is 1.36. The van der Waals surface area contributed by atoms with Crippen LogP contribution in [0.2, 0.25) is 5.28 Å². The van der Waals surface area contributed by atoms with E-state index in [2.05, 4.69) is 25.5 Å². The molecule has 0 amide bonds. The molecule has 0 aromatic carbocycles. The van der Waals surface area contributed by atoms with Gasteiger partial charge in [0.1, 0.15) is 5.82 Å². The normalized spacial score (nSPS) is 18.9. The van der Waals surface area contributed by atoms with Gasteiger partial charge in [-0.1, -0.05) is 13.8 Å². The van der Waals surface area contributed by atoms with Gasteiger partial charge in [0.05, 0.1) is 5.92 Å². The van der Waals surface area contributed by atoms with Gasteiger partial charge in [0.2, 0.25) is 5.28 Å². The quantitative estimate of drug-likeness (QED) is 0.847. The molecular weight excluding hydrogens is 288 g/mol.